The molecule has 0 bridgehead atoms. The lowest BCUT2D eigenvalue weighted by Crippen LogP contribution is -2.31. The number of thioether (sulfide) groups is 1. The molecule has 41 heavy (non-hydrogen) atoms. The molecule has 11 heteroatoms. The van der Waals surface area contributed by atoms with Crippen LogP contribution in [-0.4, -0.2) is 45.1 Å². The van der Waals surface area contributed by atoms with Gasteiger partial charge in [-0.2, -0.15) is 5.10 Å². The van der Waals surface area contributed by atoms with Crippen molar-refractivity contribution in [2.24, 2.45) is 18.0 Å². The fourth-order valence-corrected chi connectivity index (χ4v) is 7.29. The van der Waals surface area contributed by atoms with Crippen LogP contribution in [0.15, 0.2) is 47.2 Å². The van der Waals surface area contributed by atoms with E-state index in [2.05, 4.69) is 22.3 Å². The molecule has 2 amide bonds. The number of esters is 1. The SMILES string of the molecule is CCOC(=O)c1c(NC(=O)CSC2=NC(=Cc3cn(C)nc3C)C(=O)N2c2ccccc2)sc2c1CCC(CC)C2. The second kappa shape index (κ2) is 12.4. The second-order valence-corrected chi connectivity index (χ2v) is 12.1. The first-order valence-corrected chi connectivity index (χ1v) is 15.5. The van der Waals surface area contributed by atoms with E-state index in [4.69, 9.17) is 4.74 Å². The van der Waals surface area contributed by atoms with Gasteiger partial charge in [-0.15, -0.1) is 11.3 Å². The number of amides is 2. The van der Waals surface area contributed by atoms with Crippen LogP contribution in [0.4, 0.5) is 10.7 Å². The Morgan fingerprint density at radius 1 is 1.24 bits per heavy atom. The highest BCUT2D eigenvalue weighted by molar-refractivity contribution is 8.14. The predicted octanol–water partition coefficient (Wildman–Crippen LogP) is 5.60. The van der Waals surface area contributed by atoms with Crippen LogP contribution in [0.25, 0.3) is 6.08 Å². The number of thiophene rings is 1. The zero-order valence-electron chi connectivity index (χ0n) is 23.6. The van der Waals surface area contributed by atoms with Crippen molar-refractivity contribution in [1.29, 1.82) is 0 Å². The van der Waals surface area contributed by atoms with E-state index in [9.17, 15) is 14.4 Å². The summed E-state index contributed by atoms with van der Waals surface area (Å²) in [4.78, 5) is 46.9. The largest absolute Gasteiger partial charge is 0.462 e. The van der Waals surface area contributed by atoms with Gasteiger partial charge in [0.1, 0.15) is 10.7 Å². The summed E-state index contributed by atoms with van der Waals surface area (Å²) in [6.07, 6.45) is 7.37. The highest BCUT2D eigenvalue weighted by Gasteiger charge is 2.33. The number of amidine groups is 1. The Kier molecular flexibility index (Phi) is 8.74. The van der Waals surface area contributed by atoms with Gasteiger partial charge >= 0.3 is 5.97 Å². The van der Waals surface area contributed by atoms with E-state index < -0.39 is 5.97 Å². The van der Waals surface area contributed by atoms with Crippen molar-refractivity contribution >= 4 is 62.8 Å². The normalized spacial score (nSPS) is 17.5. The molecule has 0 radical (unpaired) electrons. The number of rotatable bonds is 8. The van der Waals surface area contributed by atoms with Crippen molar-refractivity contribution in [2.75, 3.05) is 22.6 Å². The highest BCUT2D eigenvalue weighted by atomic mass is 32.2. The number of ether oxygens (including phenoxy) is 1. The first-order chi connectivity index (χ1) is 19.8. The molecule has 5 rings (SSSR count). The van der Waals surface area contributed by atoms with Crippen LogP contribution in [0.2, 0.25) is 0 Å². The van der Waals surface area contributed by atoms with E-state index >= 15 is 0 Å². The molecule has 2 aliphatic rings. The van der Waals surface area contributed by atoms with Crippen molar-refractivity contribution < 1.29 is 19.1 Å². The van der Waals surface area contributed by atoms with E-state index in [0.29, 0.717) is 27.3 Å². The number of fused-ring (bicyclic) bond motifs is 1. The molecular formula is C30H33N5O4S2. The zero-order chi connectivity index (χ0) is 29.1. The molecular weight excluding hydrogens is 558 g/mol. The molecule has 9 nitrogen and oxygen atoms in total. The van der Waals surface area contributed by atoms with Gasteiger partial charge < -0.3 is 10.1 Å². The zero-order valence-corrected chi connectivity index (χ0v) is 25.2. The van der Waals surface area contributed by atoms with E-state index in [1.165, 1.54) is 28.0 Å². The number of para-hydroxylation sites is 1. The van der Waals surface area contributed by atoms with E-state index in [1.807, 2.05) is 50.5 Å². The first kappa shape index (κ1) is 28.8. The summed E-state index contributed by atoms with van der Waals surface area (Å²) >= 11 is 2.65. The number of aryl methyl sites for hydroxylation is 2. The van der Waals surface area contributed by atoms with Crippen LogP contribution < -0.4 is 10.2 Å². The molecule has 1 aliphatic carbocycles. The van der Waals surface area contributed by atoms with Gasteiger partial charge in [-0.1, -0.05) is 43.3 Å². The molecule has 1 N–H and O–H groups in total. The predicted molar refractivity (Wildman–Crippen MR) is 164 cm³/mol. The van der Waals surface area contributed by atoms with Gasteiger partial charge in [0.25, 0.3) is 5.91 Å². The average molecular weight is 592 g/mol. The van der Waals surface area contributed by atoms with Gasteiger partial charge in [0.05, 0.1) is 29.3 Å². The minimum atomic E-state index is -0.399. The molecule has 1 unspecified atom stereocenters. The maximum atomic E-state index is 13.5. The number of benzene rings is 1. The molecule has 1 atom stereocenters. The number of aliphatic imine (C=N–C) groups is 1. The molecule has 0 saturated carbocycles. The average Bonchev–Trinajstić information content (AvgIpc) is 3.58. The molecule has 1 aliphatic heterocycles. The maximum Gasteiger partial charge on any atom is 0.341 e. The smallest absolute Gasteiger partial charge is 0.341 e. The van der Waals surface area contributed by atoms with E-state index in [-0.39, 0.29) is 29.9 Å². The lowest BCUT2D eigenvalue weighted by atomic mass is 9.85. The number of carbonyl (C=O) groups is 3. The molecule has 0 fully saturated rings. The lowest BCUT2D eigenvalue weighted by molar-refractivity contribution is -0.114. The Morgan fingerprint density at radius 2 is 2.02 bits per heavy atom. The van der Waals surface area contributed by atoms with Crippen LogP contribution >= 0.6 is 23.1 Å². The molecule has 0 spiro atoms. The Bertz CT molecular complexity index is 1540. The molecule has 3 aromatic rings. The van der Waals surface area contributed by atoms with Crippen LogP contribution in [0.1, 0.15) is 58.7 Å². The highest BCUT2D eigenvalue weighted by Crippen LogP contribution is 2.41. The summed E-state index contributed by atoms with van der Waals surface area (Å²) in [5.41, 5.74) is 4.01. The molecule has 3 heterocycles. The van der Waals surface area contributed by atoms with Gasteiger partial charge in [-0.05, 0) is 62.8 Å². The minimum Gasteiger partial charge on any atom is -0.462 e. The van der Waals surface area contributed by atoms with Crippen LogP contribution in [-0.2, 0) is 34.2 Å². The Balaban J connectivity index is 1.37. The number of hydrogen-bond donors (Lipinski definition) is 1. The molecule has 0 saturated heterocycles. The van der Waals surface area contributed by atoms with E-state index in [0.717, 1.165) is 47.4 Å². The van der Waals surface area contributed by atoms with Gasteiger partial charge in [-0.25, -0.2) is 9.79 Å². The van der Waals surface area contributed by atoms with Gasteiger partial charge in [-0.3, -0.25) is 19.2 Å². The van der Waals surface area contributed by atoms with Crippen molar-refractivity contribution in [3.63, 3.8) is 0 Å². The van der Waals surface area contributed by atoms with Crippen molar-refractivity contribution in [1.82, 2.24) is 9.78 Å². The first-order valence-electron chi connectivity index (χ1n) is 13.7. The minimum absolute atomic E-state index is 0.0110. The number of aromatic nitrogens is 2. The van der Waals surface area contributed by atoms with Crippen molar-refractivity contribution in [3.8, 4) is 0 Å². The molecule has 2 aromatic heterocycles. The summed E-state index contributed by atoms with van der Waals surface area (Å²) in [6, 6.07) is 9.24. The number of anilines is 2. The van der Waals surface area contributed by atoms with Gasteiger partial charge in [0, 0.05) is 23.7 Å². The van der Waals surface area contributed by atoms with Gasteiger partial charge in [0.2, 0.25) is 5.91 Å². The fourth-order valence-electron chi connectivity index (χ4n) is 5.11. The third kappa shape index (κ3) is 6.15. The summed E-state index contributed by atoms with van der Waals surface area (Å²) < 4.78 is 7.04. The fraction of sp³-hybridized carbons (Fsp3) is 0.367. The van der Waals surface area contributed by atoms with Crippen LogP contribution in [0.5, 0.6) is 0 Å². The van der Waals surface area contributed by atoms with Crippen LogP contribution in [0, 0.1) is 12.8 Å². The third-order valence-corrected chi connectivity index (χ3v) is 9.31. The summed E-state index contributed by atoms with van der Waals surface area (Å²) in [6.45, 7) is 6.10. The quantitative estimate of drug-likeness (QED) is 0.270. The lowest BCUT2D eigenvalue weighted by Gasteiger charge is -2.20. The Morgan fingerprint density at radius 3 is 2.71 bits per heavy atom. The van der Waals surface area contributed by atoms with Crippen molar-refractivity contribution in [2.45, 2.75) is 46.5 Å². The Hall–Kier alpha value is -3.70. The third-order valence-electron chi connectivity index (χ3n) is 7.20. The number of nitrogens with one attached hydrogen (secondary N) is 1. The topological polar surface area (TPSA) is 106 Å². The van der Waals surface area contributed by atoms with E-state index in [1.54, 1.807) is 17.7 Å². The summed E-state index contributed by atoms with van der Waals surface area (Å²) in [5, 5.41) is 8.25. The maximum absolute atomic E-state index is 13.5. The van der Waals surface area contributed by atoms with Gasteiger partial charge in [0.15, 0.2) is 5.17 Å². The van der Waals surface area contributed by atoms with Crippen LogP contribution in [0.3, 0.4) is 0 Å². The number of nitrogens with zero attached hydrogens (tertiary/aromatic N) is 4. The summed E-state index contributed by atoms with van der Waals surface area (Å²) in [5.74, 6) is -0.366. The molecule has 1 aromatic carbocycles. The number of carbonyl (C=O) groups excluding carboxylic acids is 3. The standard InChI is InChI=1S/C30H33N5O4S2/c1-5-19-12-13-22-24(14-19)41-27(26(22)29(38)39-6-2)32-25(36)17-40-30-31-23(15-20-16-34(4)33-18(20)3)28(37)35(30)21-10-8-7-9-11-21/h7-11,15-16,19H,5-6,12-14,17H2,1-4H3,(H,32,36). The Labute approximate surface area is 247 Å². The monoisotopic (exact) mass is 591 g/mol. The number of hydrogen-bond acceptors (Lipinski definition) is 8. The summed E-state index contributed by atoms with van der Waals surface area (Å²) in [7, 11) is 1.82. The molecule has 214 valence electrons. The second-order valence-electron chi connectivity index (χ2n) is 10.0. The van der Waals surface area contributed by atoms with Crippen molar-refractivity contribution in [3.05, 3.63) is 69.5 Å².